The molecule has 4 rings (SSSR count). The predicted molar refractivity (Wildman–Crippen MR) is 94.7 cm³/mol. The van der Waals surface area contributed by atoms with Gasteiger partial charge in [-0.1, -0.05) is 11.6 Å². The number of rotatable bonds is 2. The molecule has 0 bridgehead atoms. The molecule has 0 aliphatic carbocycles. The van der Waals surface area contributed by atoms with Gasteiger partial charge in [-0.2, -0.15) is 0 Å². The Kier molecular flexibility index (Phi) is 4.57. The molecular formula is C19H20ClN3O2. The van der Waals surface area contributed by atoms with E-state index in [1.54, 1.807) is 12.5 Å². The molecule has 1 aromatic heterocycles. The number of carbonyl (C=O) groups is 1. The third-order valence-corrected chi connectivity index (χ3v) is 5.34. The number of piperidine rings is 1. The highest BCUT2D eigenvalue weighted by Crippen LogP contribution is 2.32. The molecular weight excluding hydrogens is 338 g/mol. The SMILES string of the molecule is O=C(C1COc2ccc(Cl)cc2C1)N1CCC(c2ccncn2)CC1. The quantitative estimate of drug-likeness (QED) is 0.828. The number of halogens is 1. The molecule has 0 spiro atoms. The molecule has 0 saturated carbocycles. The Morgan fingerprint density at radius 2 is 2.08 bits per heavy atom. The van der Waals surface area contributed by atoms with Crippen LogP contribution < -0.4 is 4.74 Å². The summed E-state index contributed by atoms with van der Waals surface area (Å²) < 4.78 is 5.77. The Bertz CT molecular complexity index is 761. The summed E-state index contributed by atoms with van der Waals surface area (Å²) in [4.78, 5) is 23.2. The van der Waals surface area contributed by atoms with Crippen LogP contribution in [0.5, 0.6) is 5.75 Å². The van der Waals surface area contributed by atoms with Crippen molar-refractivity contribution in [1.82, 2.24) is 14.9 Å². The largest absolute Gasteiger partial charge is 0.492 e. The zero-order chi connectivity index (χ0) is 17.2. The number of likely N-dealkylation sites (tertiary alicyclic amines) is 1. The summed E-state index contributed by atoms with van der Waals surface area (Å²) in [5.74, 6) is 1.32. The zero-order valence-corrected chi connectivity index (χ0v) is 14.7. The topological polar surface area (TPSA) is 55.3 Å². The van der Waals surface area contributed by atoms with Gasteiger partial charge in [0.25, 0.3) is 0 Å². The second-order valence-electron chi connectivity index (χ2n) is 6.70. The predicted octanol–water partition coefficient (Wildman–Crippen LogP) is 3.09. The van der Waals surface area contributed by atoms with Crippen molar-refractivity contribution < 1.29 is 9.53 Å². The van der Waals surface area contributed by atoms with Crippen LogP contribution in [0.3, 0.4) is 0 Å². The first kappa shape index (κ1) is 16.3. The number of hydrogen-bond acceptors (Lipinski definition) is 4. The Morgan fingerprint density at radius 3 is 2.84 bits per heavy atom. The lowest BCUT2D eigenvalue weighted by molar-refractivity contribution is -0.138. The van der Waals surface area contributed by atoms with Crippen LogP contribution in [-0.2, 0) is 11.2 Å². The third-order valence-electron chi connectivity index (χ3n) is 5.11. The average molecular weight is 358 g/mol. The van der Waals surface area contributed by atoms with E-state index in [2.05, 4.69) is 9.97 Å². The molecule has 5 nitrogen and oxygen atoms in total. The number of aromatic nitrogens is 2. The fraction of sp³-hybridized carbons (Fsp3) is 0.421. The lowest BCUT2D eigenvalue weighted by Gasteiger charge is -2.35. The number of nitrogens with zero attached hydrogens (tertiary/aromatic N) is 3. The van der Waals surface area contributed by atoms with Gasteiger partial charge < -0.3 is 9.64 Å². The number of carbonyl (C=O) groups excluding carboxylic acids is 1. The number of benzene rings is 1. The molecule has 0 radical (unpaired) electrons. The van der Waals surface area contributed by atoms with E-state index in [9.17, 15) is 4.79 Å². The van der Waals surface area contributed by atoms with Crippen LogP contribution in [0, 0.1) is 5.92 Å². The maximum atomic E-state index is 12.9. The van der Waals surface area contributed by atoms with Crippen LogP contribution in [0.1, 0.15) is 30.0 Å². The number of ether oxygens (including phenoxy) is 1. The van der Waals surface area contributed by atoms with Crippen LogP contribution in [0.2, 0.25) is 5.02 Å². The van der Waals surface area contributed by atoms with E-state index in [0.29, 0.717) is 24.0 Å². The fourth-order valence-electron chi connectivity index (χ4n) is 3.72. The minimum atomic E-state index is -0.124. The van der Waals surface area contributed by atoms with Crippen molar-refractivity contribution in [2.24, 2.45) is 5.92 Å². The number of hydrogen-bond donors (Lipinski definition) is 0. The lowest BCUT2D eigenvalue weighted by atomic mass is 9.91. The highest BCUT2D eigenvalue weighted by Gasteiger charge is 2.32. The van der Waals surface area contributed by atoms with Gasteiger partial charge in [0, 0.05) is 35.9 Å². The van der Waals surface area contributed by atoms with E-state index in [0.717, 1.165) is 42.9 Å². The molecule has 1 fully saturated rings. The van der Waals surface area contributed by atoms with Crippen LogP contribution >= 0.6 is 11.6 Å². The molecule has 2 aliphatic rings. The minimum Gasteiger partial charge on any atom is -0.492 e. The second-order valence-corrected chi connectivity index (χ2v) is 7.13. The van der Waals surface area contributed by atoms with E-state index in [1.807, 2.05) is 29.2 Å². The third kappa shape index (κ3) is 3.47. The van der Waals surface area contributed by atoms with E-state index in [4.69, 9.17) is 16.3 Å². The first-order chi connectivity index (χ1) is 12.2. The summed E-state index contributed by atoms with van der Waals surface area (Å²) in [6.45, 7) is 1.98. The Morgan fingerprint density at radius 1 is 1.24 bits per heavy atom. The molecule has 0 N–H and O–H groups in total. The van der Waals surface area contributed by atoms with Crippen molar-refractivity contribution in [3.63, 3.8) is 0 Å². The smallest absolute Gasteiger partial charge is 0.229 e. The molecule has 130 valence electrons. The summed E-state index contributed by atoms with van der Waals surface area (Å²) in [6, 6.07) is 7.57. The molecule has 25 heavy (non-hydrogen) atoms. The zero-order valence-electron chi connectivity index (χ0n) is 13.9. The van der Waals surface area contributed by atoms with Crippen LogP contribution in [-0.4, -0.2) is 40.5 Å². The van der Waals surface area contributed by atoms with Gasteiger partial charge in [-0.05, 0) is 49.1 Å². The molecule has 2 aromatic rings. The lowest BCUT2D eigenvalue weighted by Crippen LogP contribution is -2.44. The van der Waals surface area contributed by atoms with Gasteiger partial charge in [-0.3, -0.25) is 4.79 Å². The molecule has 1 atom stereocenters. The van der Waals surface area contributed by atoms with Gasteiger partial charge in [-0.25, -0.2) is 9.97 Å². The molecule has 1 aromatic carbocycles. The van der Waals surface area contributed by atoms with Gasteiger partial charge in [0.2, 0.25) is 5.91 Å². The molecule has 6 heteroatoms. The molecule has 1 unspecified atom stereocenters. The maximum Gasteiger partial charge on any atom is 0.229 e. The van der Waals surface area contributed by atoms with Crippen molar-refractivity contribution in [3.8, 4) is 5.75 Å². The average Bonchev–Trinajstić information content (AvgIpc) is 2.67. The number of amides is 1. The summed E-state index contributed by atoms with van der Waals surface area (Å²) in [6.07, 6.45) is 5.95. The first-order valence-electron chi connectivity index (χ1n) is 8.66. The van der Waals surface area contributed by atoms with Gasteiger partial charge in [0.05, 0.1) is 5.92 Å². The highest BCUT2D eigenvalue weighted by atomic mass is 35.5. The van der Waals surface area contributed by atoms with Crippen molar-refractivity contribution >= 4 is 17.5 Å². The van der Waals surface area contributed by atoms with Crippen molar-refractivity contribution in [3.05, 3.63) is 53.1 Å². The van der Waals surface area contributed by atoms with Gasteiger partial charge in [0.1, 0.15) is 18.7 Å². The van der Waals surface area contributed by atoms with E-state index in [1.165, 1.54) is 0 Å². The van der Waals surface area contributed by atoms with E-state index in [-0.39, 0.29) is 11.8 Å². The standard InChI is InChI=1S/C19H20ClN3O2/c20-16-1-2-18-14(10-16)9-15(11-25-18)19(24)23-7-4-13(5-8-23)17-3-6-21-12-22-17/h1-3,6,10,12-13,15H,4-5,7-9,11H2. The van der Waals surface area contributed by atoms with Gasteiger partial charge in [0.15, 0.2) is 0 Å². The Hall–Kier alpha value is -2.14. The van der Waals surface area contributed by atoms with Crippen LogP contribution in [0.15, 0.2) is 36.8 Å². The highest BCUT2D eigenvalue weighted by molar-refractivity contribution is 6.30. The van der Waals surface area contributed by atoms with Crippen LogP contribution in [0.25, 0.3) is 0 Å². The molecule has 1 saturated heterocycles. The summed E-state index contributed by atoms with van der Waals surface area (Å²) in [5.41, 5.74) is 2.10. The van der Waals surface area contributed by atoms with E-state index < -0.39 is 0 Å². The van der Waals surface area contributed by atoms with Gasteiger partial charge in [-0.15, -0.1) is 0 Å². The summed E-state index contributed by atoms with van der Waals surface area (Å²) in [7, 11) is 0. The summed E-state index contributed by atoms with van der Waals surface area (Å²) in [5, 5.41) is 0.682. The Labute approximate surface area is 152 Å². The molecule has 1 amide bonds. The molecule has 3 heterocycles. The normalized spacial score (nSPS) is 20.7. The summed E-state index contributed by atoms with van der Waals surface area (Å²) >= 11 is 6.07. The maximum absolute atomic E-state index is 12.9. The second kappa shape index (κ2) is 7.00. The first-order valence-corrected chi connectivity index (χ1v) is 9.04. The van der Waals surface area contributed by atoms with Gasteiger partial charge >= 0.3 is 0 Å². The van der Waals surface area contributed by atoms with E-state index >= 15 is 0 Å². The van der Waals surface area contributed by atoms with Crippen molar-refractivity contribution in [2.45, 2.75) is 25.2 Å². The minimum absolute atomic E-state index is 0.124. The van der Waals surface area contributed by atoms with Crippen LogP contribution in [0.4, 0.5) is 0 Å². The Balaban J connectivity index is 1.38. The van der Waals surface area contributed by atoms with Crippen molar-refractivity contribution in [1.29, 1.82) is 0 Å². The van der Waals surface area contributed by atoms with Crippen molar-refractivity contribution in [2.75, 3.05) is 19.7 Å². The monoisotopic (exact) mass is 357 g/mol. The number of fused-ring (bicyclic) bond motifs is 1. The molecule has 2 aliphatic heterocycles. The fourth-order valence-corrected chi connectivity index (χ4v) is 3.91.